The van der Waals surface area contributed by atoms with E-state index in [2.05, 4.69) is 10.3 Å². The number of nitrogens with one attached hydrogen (secondary N) is 1. The van der Waals surface area contributed by atoms with Gasteiger partial charge in [-0.2, -0.15) is 0 Å². The van der Waals surface area contributed by atoms with Crippen molar-refractivity contribution in [2.24, 2.45) is 0 Å². The predicted molar refractivity (Wildman–Crippen MR) is 98.2 cm³/mol. The molecule has 1 N–H and O–H groups in total. The summed E-state index contributed by atoms with van der Waals surface area (Å²) in [5, 5.41) is 3.88. The first-order valence-electron chi connectivity index (χ1n) is 8.21. The highest BCUT2D eigenvalue weighted by atomic mass is 32.2. The number of pyridine rings is 1. The summed E-state index contributed by atoms with van der Waals surface area (Å²) in [5.74, 6) is 2.20. The molecule has 1 aromatic heterocycles. The smallest absolute Gasteiger partial charge is 0.326 e. The molecule has 0 aliphatic carbocycles. The molecule has 0 radical (unpaired) electrons. The quantitative estimate of drug-likeness (QED) is 0.845. The normalized spacial score (nSPS) is 15.5. The largest absolute Gasteiger partial charge is 0.486 e. The van der Waals surface area contributed by atoms with Crippen LogP contribution in [0.1, 0.15) is 11.3 Å². The minimum atomic E-state index is -0.160. The summed E-state index contributed by atoms with van der Waals surface area (Å²) in [6.07, 6.45) is 0. The van der Waals surface area contributed by atoms with Gasteiger partial charge in [-0.15, -0.1) is 11.8 Å². The molecule has 0 saturated carbocycles. The van der Waals surface area contributed by atoms with Gasteiger partial charge >= 0.3 is 6.03 Å². The van der Waals surface area contributed by atoms with Crippen LogP contribution < -0.4 is 19.7 Å². The monoisotopic (exact) mass is 357 g/mol. The molecule has 0 bridgehead atoms. The lowest BCUT2D eigenvalue weighted by molar-refractivity contribution is 0.171. The predicted octanol–water partition coefficient (Wildman–Crippen LogP) is 3.61. The van der Waals surface area contributed by atoms with E-state index in [0.29, 0.717) is 36.9 Å². The van der Waals surface area contributed by atoms with Crippen LogP contribution in [-0.4, -0.2) is 36.5 Å². The van der Waals surface area contributed by atoms with Gasteiger partial charge in [-0.25, -0.2) is 9.78 Å². The topological polar surface area (TPSA) is 63.7 Å². The van der Waals surface area contributed by atoms with E-state index in [1.807, 2.05) is 32.0 Å². The second-order valence-electron chi connectivity index (χ2n) is 6.02. The number of ether oxygens (including phenoxy) is 2. The molecule has 0 spiro atoms. The molecule has 6 nitrogen and oxygen atoms in total. The van der Waals surface area contributed by atoms with Gasteiger partial charge < -0.3 is 14.8 Å². The lowest BCUT2D eigenvalue weighted by Gasteiger charge is -2.30. The Kier molecular flexibility index (Phi) is 4.17. The van der Waals surface area contributed by atoms with Gasteiger partial charge in [-0.3, -0.25) is 4.90 Å². The summed E-state index contributed by atoms with van der Waals surface area (Å²) in [5.41, 5.74) is 3.62. The highest BCUT2D eigenvalue weighted by Gasteiger charge is 2.26. The molecule has 2 amide bonds. The van der Waals surface area contributed by atoms with Crippen LogP contribution in [0.3, 0.4) is 0 Å². The van der Waals surface area contributed by atoms with E-state index in [-0.39, 0.29) is 6.03 Å². The number of aromatic nitrogens is 1. The van der Waals surface area contributed by atoms with Crippen molar-refractivity contribution < 1.29 is 14.3 Å². The summed E-state index contributed by atoms with van der Waals surface area (Å²) < 4.78 is 11.1. The highest BCUT2D eigenvalue weighted by molar-refractivity contribution is 7.99. The zero-order chi connectivity index (χ0) is 17.4. The van der Waals surface area contributed by atoms with Crippen LogP contribution in [0, 0.1) is 13.8 Å². The minimum absolute atomic E-state index is 0.160. The van der Waals surface area contributed by atoms with E-state index in [4.69, 9.17) is 9.47 Å². The number of aryl methyl sites for hydroxylation is 2. The van der Waals surface area contributed by atoms with Gasteiger partial charge in [0.2, 0.25) is 0 Å². The molecule has 2 aliphatic rings. The third kappa shape index (κ3) is 3.11. The molecule has 0 atom stereocenters. The number of nitrogens with zero attached hydrogens (tertiary/aromatic N) is 2. The lowest BCUT2D eigenvalue weighted by atomic mass is 10.2. The van der Waals surface area contributed by atoms with Crippen molar-refractivity contribution in [3.8, 4) is 11.5 Å². The Balaban J connectivity index is 1.59. The van der Waals surface area contributed by atoms with E-state index in [1.165, 1.54) is 0 Å². The Morgan fingerprint density at radius 2 is 2.00 bits per heavy atom. The Bertz CT molecular complexity index is 841. The molecular formula is C18H19N3O3S. The van der Waals surface area contributed by atoms with Crippen molar-refractivity contribution in [1.29, 1.82) is 0 Å². The summed E-state index contributed by atoms with van der Waals surface area (Å²) in [6, 6.07) is 7.29. The third-order valence-corrected chi connectivity index (χ3v) is 5.09. The molecule has 25 heavy (non-hydrogen) atoms. The SMILES string of the molecule is Cc1cc(C)c2c(n1)SCCN2C(=O)Nc1ccc2c(c1)OCCO2. The number of hydrogen-bond acceptors (Lipinski definition) is 5. The fourth-order valence-corrected chi connectivity index (χ4v) is 4.17. The van der Waals surface area contributed by atoms with Crippen molar-refractivity contribution >= 4 is 29.2 Å². The van der Waals surface area contributed by atoms with Gasteiger partial charge in [0.1, 0.15) is 18.2 Å². The third-order valence-electron chi connectivity index (χ3n) is 4.14. The fraction of sp³-hybridized carbons (Fsp3) is 0.333. The molecule has 2 aliphatic heterocycles. The van der Waals surface area contributed by atoms with Crippen molar-refractivity contribution in [2.75, 3.05) is 35.7 Å². The molecule has 0 saturated heterocycles. The molecule has 7 heteroatoms. The first-order valence-corrected chi connectivity index (χ1v) is 9.19. The maximum atomic E-state index is 12.8. The number of carbonyl (C=O) groups is 1. The van der Waals surface area contributed by atoms with Gasteiger partial charge in [-0.1, -0.05) is 0 Å². The fourth-order valence-electron chi connectivity index (χ4n) is 3.09. The molecule has 2 aromatic rings. The lowest BCUT2D eigenvalue weighted by Crippen LogP contribution is -2.39. The van der Waals surface area contributed by atoms with Crippen LogP contribution in [-0.2, 0) is 0 Å². The molecule has 130 valence electrons. The Hall–Kier alpha value is -2.41. The van der Waals surface area contributed by atoms with E-state index in [9.17, 15) is 4.79 Å². The number of hydrogen-bond donors (Lipinski definition) is 1. The van der Waals surface area contributed by atoms with Gasteiger partial charge in [0, 0.05) is 29.7 Å². The Labute approximate surface area is 150 Å². The summed E-state index contributed by atoms with van der Waals surface area (Å²) in [7, 11) is 0. The average molecular weight is 357 g/mol. The summed E-state index contributed by atoms with van der Waals surface area (Å²) in [4.78, 5) is 19.2. The molecular weight excluding hydrogens is 338 g/mol. The first-order chi connectivity index (χ1) is 12.1. The van der Waals surface area contributed by atoms with E-state index in [1.54, 1.807) is 22.7 Å². The summed E-state index contributed by atoms with van der Waals surface area (Å²) in [6.45, 7) is 5.71. The molecule has 1 aromatic carbocycles. The molecule has 0 fully saturated rings. The summed E-state index contributed by atoms with van der Waals surface area (Å²) >= 11 is 1.69. The van der Waals surface area contributed by atoms with Crippen molar-refractivity contribution in [1.82, 2.24) is 4.98 Å². The zero-order valence-corrected chi connectivity index (χ0v) is 15.0. The van der Waals surface area contributed by atoms with E-state index < -0.39 is 0 Å². The number of fused-ring (bicyclic) bond motifs is 2. The van der Waals surface area contributed by atoms with Crippen LogP contribution in [0.5, 0.6) is 11.5 Å². The van der Waals surface area contributed by atoms with Crippen LogP contribution >= 0.6 is 11.8 Å². The van der Waals surface area contributed by atoms with E-state index in [0.717, 1.165) is 27.7 Å². The first kappa shape index (κ1) is 16.1. The maximum absolute atomic E-state index is 12.8. The van der Waals surface area contributed by atoms with E-state index >= 15 is 0 Å². The van der Waals surface area contributed by atoms with Gasteiger partial charge in [-0.05, 0) is 37.6 Å². The maximum Gasteiger partial charge on any atom is 0.326 e. The molecule has 4 rings (SSSR count). The van der Waals surface area contributed by atoms with Gasteiger partial charge in [0.15, 0.2) is 11.5 Å². The minimum Gasteiger partial charge on any atom is -0.486 e. The van der Waals surface area contributed by atoms with Gasteiger partial charge in [0.25, 0.3) is 0 Å². The highest BCUT2D eigenvalue weighted by Crippen LogP contribution is 2.37. The number of anilines is 2. The average Bonchev–Trinajstić information content (AvgIpc) is 2.60. The van der Waals surface area contributed by atoms with Crippen molar-refractivity contribution in [2.45, 2.75) is 18.9 Å². The van der Waals surface area contributed by atoms with Gasteiger partial charge in [0.05, 0.1) is 5.69 Å². The number of carbonyl (C=O) groups excluding carboxylic acids is 1. The zero-order valence-electron chi connectivity index (χ0n) is 14.2. The second kappa shape index (κ2) is 6.48. The van der Waals surface area contributed by atoms with Crippen LogP contribution in [0.15, 0.2) is 29.3 Å². The molecule has 0 unspecified atom stereocenters. The number of benzene rings is 1. The van der Waals surface area contributed by atoms with Crippen LogP contribution in [0.25, 0.3) is 0 Å². The Morgan fingerprint density at radius 3 is 2.84 bits per heavy atom. The standard InChI is InChI=1S/C18H19N3O3S/c1-11-9-12(2)19-17-16(11)21(5-8-25-17)18(22)20-13-3-4-14-15(10-13)24-7-6-23-14/h3-4,9-10H,5-8H2,1-2H3,(H,20,22). The number of amides is 2. The second-order valence-corrected chi connectivity index (χ2v) is 7.11. The van der Waals surface area contributed by atoms with Crippen molar-refractivity contribution in [3.05, 3.63) is 35.5 Å². The number of urea groups is 1. The van der Waals surface area contributed by atoms with Crippen LogP contribution in [0.4, 0.5) is 16.2 Å². The number of rotatable bonds is 1. The Morgan fingerprint density at radius 1 is 1.20 bits per heavy atom. The van der Waals surface area contributed by atoms with Crippen LogP contribution in [0.2, 0.25) is 0 Å². The molecule has 3 heterocycles. The number of thioether (sulfide) groups is 1. The van der Waals surface area contributed by atoms with Crippen molar-refractivity contribution in [3.63, 3.8) is 0 Å².